The monoisotopic (exact) mass is 410 g/mol. The van der Waals surface area contributed by atoms with Crippen molar-refractivity contribution in [3.63, 3.8) is 0 Å². The van der Waals surface area contributed by atoms with Crippen molar-refractivity contribution in [3.05, 3.63) is 59.2 Å². The number of unbranched alkanes of at least 4 members (excludes halogenated alkanes) is 2. The molecule has 0 N–H and O–H groups in total. The first-order chi connectivity index (χ1) is 14.4. The van der Waals surface area contributed by atoms with Crippen LogP contribution in [0.3, 0.4) is 0 Å². The average molecular weight is 411 g/mol. The number of hydrogen-bond donors (Lipinski definition) is 0. The van der Waals surface area contributed by atoms with Gasteiger partial charge in [-0.3, -0.25) is 0 Å². The van der Waals surface area contributed by atoms with E-state index in [4.69, 9.17) is 4.74 Å². The molecule has 0 heterocycles. The molecule has 0 fully saturated rings. The number of rotatable bonds is 12. The van der Waals surface area contributed by atoms with Gasteiger partial charge in [-0.05, 0) is 74.6 Å². The van der Waals surface area contributed by atoms with Crippen LogP contribution in [-0.4, -0.2) is 33.3 Å². The van der Waals surface area contributed by atoms with E-state index >= 15 is 0 Å². The maximum absolute atomic E-state index is 6.41. The topological polar surface area (TPSA) is 15.7 Å². The third-order valence-corrected chi connectivity index (χ3v) is 5.58. The number of aryl methyl sites for hydroxylation is 1. The van der Waals surface area contributed by atoms with Crippen LogP contribution >= 0.6 is 0 Å². The normalized spacial score (nSPS) is 12.3. The van der Waals surface area contributed by atoms with E-state index in [0.717, 1.165) is 13.1 Å². The second-order valence-electron chi connectivity index (χ2n) is 8.79. The van der Waals surface area contributed by atoms with Crippen LogP contribution < -0.4 is 9.80 Å². The zero-order valence-electron chi connectivity index (χ0n) is 20.2. The fraction of sp³-hybridized carbons (Fsp3) is 0.556. The van der Waals surface area contributed by atoms with Crippen molar-refractivity contribution in [2.24, 2.45) is 0 Å². The third-order valence-electron chi connectivity index (χ3n) is 5.58. The smallest absolute Gasteiger partial charge is 0.108 e. The summed E-state index contributed by atoms with van der Waals surface area (Å²) in [4.78, 5) is 4.68. The lowest BCUT2D eigenvalue weighted by Gasteiger charge is -2.28. The molecule has 0 aliphatic carbocycles. The van der Waals surface area contributed by atoms with Crippen LogP contribution in [0, 0.1) is 6.92 Å². The Labute approximate surface area is 185 Å². The molecule has 0 aliphatic rings. The quantitative estimate of drug-likeness (QED) is 0.375. The zero-order chi connectivity index (χ0) is 22.1. The van der Waals surface area contributed by atoms with Gasteiger partial charge in [0, 0.05) is 38.6 Å². The summed E-state index contributed by atoms with van der Waals surface area (Å²) in [5, 5.41) is 0. The summed E-state index contributed by atoms with van der Waals surface area (Å²) in [5.41, 5.74) is 6.31. The molecule has 0 spiro atoms. The van der Waals surface area contributed by atoms with Crippen LogP contribution in [0.25, 0.3) is 0 Å². The molecule has 3 nitrogen and oxygen atoms in total. The van der Waals surface area contributed by atoms with Gasteiger partial charge >= 0.3 is 0 Å². The molecule has 0 saturated carbocycles. The molecule has 0 amide bonds. The molecular weight excluding hydrogens is 368 g/mol. The fourth-order valence-electron chi connectivity index (χ4n) is 3.77. The van der Waals surface area contributed by atoms with E-state index in [1.807, 2.05) is 0 Å². The summed E-state index contributed by atoms with van der Waals surface area (Å²) in [6.07, 6.45) is 5.05. The minimum absolute atomic E-state index is 0.0463. The highest BCUT2D eigenvalue weighted by atomic mass is 16.5. The Morgan fingerprint density at radius 1 is 0.833 bits per heavy atom. The Morgan fingerprint density at radius 3 is 1.87 bits per heavy atom. The SMILES string of the molecule is CCCCN(CCCC)c1ccc(C(OC(C)C)c2ccc(N(C)C)cc2)c(C)c1. The number of hydrogen-bond acceptors (Lipinski definition) is 3. The first-order valence-electron chi connectivity index (χ1n) is 11.7. The molecule has 0 bridgehead atoms. The van der Waals surface area contributed by atoms with Gasteiger partial charge in [0.2, 0.25) is 0 Å². The van der Waals surface area contributed by atoms with E-state index in [1.165, 1.54) is 53.7 Å². The second-order valence-corrected chi connectivity index (χ2v) is 8.79. The number of ether oxygens (including phenoxy) is 1. The summed E-state index contributed by atoms with van der Waals surface area (Å²) < 4.78 is 6.41. The average Bonchev–Trinajstić information content (AvgIpc) is 2.72. The van der Waals surface area contributed by atoms with Crippen LogP contribution in [-0.2, 0) is 4.74 Å². The van der Waals surface area contributed by atoms with Crippen LogP contribution in [0.4, 0.5) is 11.4 Å². The zero-order valence-corrected chi connectivity index (χ0v) is 20.2. The molecule has 1 unspecified atom stereocenters. The van der Waals surface area contributed by atoms with Gasteiger partial charge in [-0.25, -0.2) is 0 Å². The summed E-state index contributed by atoms with van der Waals surface area (Å²) >= 11 is 0. The highest BCUT2D eigenvalue weighted by Gasteiger charge is 2.20. The van der Waals surface area contributed by atoms with Crippen LogP contribution in [0.2, 0.25) is 0 Å². The maximum Gasteiger partial charge on any atom is 0.108 e. The van der Waals surface area contributed by atoms with Crippen molar-refractivity contribution in [2.75, 3.05) is 37.0 Å². The molecule has 2 aromatic rings. The lowest BCUT2D eigenvalue weighted by molar-refractivity contribution is 0.0301. The molecule has 2 rings (SSSR count). The molecule has 0 saturated heterocycles. The van der Waals surface area contributed by atoms with Crippen LogP contribution in [0.5, 0.6) is 0 Å². The predicted molar refractivity (Wildman–Crippen MR) is 132 cm³/mol. The van der Waals surface area contributed by atoms with Gasteiger partial charge in [0.15, 0.2) is 0 Å². The number of benzene rings is 2. The molecule has 0 aliphatic heterocycles. The van der Waals surface area contributed by atoms with E-state index < -0.39 is 0 Å². The first kappa shape index (κ1) is 24.3. The summed E-state index contributed by atoms with van der Waals surface area (Å²) in [6.45, 7) is 13.2. The summed E-state index contributed by atoms with van der Waals surface area (Å²) in [7, 11) is 4.14. The molecule has 0 aromatic heterocycles. The largest absolute Gasteiger partial charge is 0.378 e. The van der Waals surface area contributed by atoms with Gasteiger partial charge in [0.25, 0.3) is 0 Å². The molecule has 166 valence electrons. The Morgan fingerprint density at radius 2 is 1.40 bits per heavy atom. The van der Waals surface area contributed by atoms with Crippen molar-refractivity contribution in [2.45, 2.75) is 72.5 Å². The second kappa shape index (κ2) is 12.0. The Kier molecular flexibility index (Phi) is 9.71. The number of nitrogens with zero attached hydrogens (tertiary/aromatic N) is 2. The maximum atomic E-state index is 6.41. The summed E-state index contributed by atoms with van der Waals surface area (Å²) in [6, 6.07) is 15.7. The Bertz CT molecular complexity index is 744. The first-order valence-corrected chi connectivity index (χ1v) is 11.7. The number of anilines is 2. The molecule has 3 heteroatoms. The minimum Gasteiger partial charge on any atom is -0.378 e. The van der Waals surface area contributed by atoms with Crippen molar-refractivity contribution < 1.29 is 4.74 Å². The molecule has 2 aromatic carbocycles. The Hall–Kier alpha value is -2.00. The van der Waals surface area contributed by atoms with Gasteiger partial charge in [-0.2, -0.15) is 0 Å². The van der Waals surface area contributed by atoms with Gasteiger partial charge in [0.05, 0.1) is 6.10 Å². The van der Waals surface area contributed by atoms with Crippen molar-refractivity contribution in [3.8, 4) is 0 Å². The minimum atomic E-state index is -0.0463. The van der Waals surface area contributed by atoms with E-state index in [2.05, 4.69) is 101 Å². The van der Waals surface area contributed by atoms with Crippen molar-refractivity contribution in [1.29, 1.82) is 0 Å². The van der Waals surface area contributed by atoms with Crippen molar-refractivity contribution >= 4 is 11.4 Å². The van der Waals surface area contributed by atoms with Crippen molar-refractivity contribution in [1.82, 2.24) is 0 Å². The lowest BCUT2D eigenvalue weighted by atomic mass is 9.96. The summed E-state index contributed by atoms with van der Waals surface area (Å²) in [5.74, 6) is 0. The van der Waals surface area contributed by atoms with Gasteiger partial charge < -0.3 is 14.5 Å². The van der Waals surface area contributed by atoms with Crippen LogP contribution in [0.1, 0.15) is 76.2 Å². The van der Waals surface area contributed by atoms with E-state index in [0.29, 0.717) is 0 Å². The van der Waals surface area contributed by atoms with Gasteiger partial charge in [-0.15, -0.1) is 0 Å². The van der Waals surface area contributed by atoms with E-state index in [9.17, 15) is 0 Å². The highest BCUT2D eigenvalue weighted by molar-refractivity contribution is 5.53. The van der Waals surface area contributed by atoms with E-state index in [-0.39, 0.29) is 12.2 Å². The lowest BCUT2D eigenvalue weighted by Crippen LogP contribution is -2.25. The highest BCUT2D eigenvalue weighted by Crippen LogP contribution is 2.33. The van der Waals surface area contributed by atoms with E-state index in [1.54, 1.807) is 0 Å². The van der Waals surface area contributed by atoms with Gasteiger partial charge in [0.1, 0.15) is 6.10 Å². The molecule has 1 atom stereocenters. The standard InChI is InChI=1S/C27H42N2O/c1-8-10-18-29(19-11-9-2)25-16-17-26(22(5)20-25)27(30-21(3)4)23-12-14-24(15-13-23)28(6)7/h12-17,20-21,27H,8-11,18-19H2,1-7H3. The molecular formula is C27H42N2O. The molecule has 0 radical (unpaired) electrons. The van der Waals surface area contributed by atoms with Gasteiger partial charge in [-0.1, -0.05) is 44.9 Å². The van der Waals surface area contributed by atoms with Crippen LogP contribution in [0.15, 0.2) is 42.5 Å². The predicted octanol–water partition coefficient (Wildman–Crippen LogP) is 6.98. The molecule has 30 heavy (non-hydrogen) atoms. The Balaban J connectivity index is 2.34. The fourth-order valence-corrected chi connectivity index (χ4v) is 3.77. The third kappa shape index (κ3) is 6.77.